The van der Waals surface area contributed by atoms with Crippen LogP contribution in [0.5, 0.6) is 0 Å². The summed E-state index contributed by atoms with van der Waals surface area (Å²) >= 11 is 0. The van der Waals surface area contributed by atoms with E-state index in [9.17, 15) is 4.39 Å². The summed E-state index contributed by atoms with van der Waals surface area (Å²) < 4.78 is 13.5. The van der Waals surface area contributed by atoms with Crippen molar-refractivity contribution in [2.75, 3.05) is 36.0 Å². The topological polar surface area (TPSA) is 30.3 Å². The second kappa shape index (κ2) is 5.84. The number of benzene rings is 2. The Morgan fingerprint density at radius 1 is 0.857 bits per heavy atom. The summed E-state index contributed by atoms with van der Waals surface area (Å²) in [6, 6.07) is 16.8. The number of piperazine rings is 1. The molecule has 1 aliphatic rings. The third-order valence-electron chi connectivity index (χ3n) is 3.78. The molecule has 1 saturated heterocycles. The van der Waals surface area contributed by atoms with Gasteiger partial charge in [0.2, 0.25) is 0 Å². The molecule has 1 fully saturated rings. The number of hydrogen-bond acceptors (Lipinski definition) is 3. The Bertz CT molecular complexity index is 655. The number of rotatable bonds is 2. The molecule has 0 aromatic heterocycles. The zero-order valence-corrected chi connectivity index (χ0v) is 11.7. The maximum absolute atomic E-state index is 13.5. The van der Waals surface area contributed by atoms with Gasteiger partial charge in [-0.25, -0.2) is 4.39 Å². The quantitative estimate of drug-likeness (QED) is 0.847. The Balaban J connectivity index is 1.71. The van der Waals surface area contributed by atoms with Crippen LogP contribution in [0.15, 0.2) is 48.5 Å². The van der Waals surface area contributed by atoms with Crippen LogP contribution in [-0.2, 0) is 0 Å². The highest BCUT2D eigenvalue weighted by Crippen LogP contribution is 2.22. The Morgan fingerprint density at radius 2 is 1.48 bits per heavy atom. The van der Waals surface area contributed by atoms with Crippen LogP contribution < -0.4 is 9.80 Å². The van der Waals surface area contributed by atoms with Gasteiger partial charge in [-0.05, 0) is 30.3 Å². The summed E-state index contributed by atoms with van der Waals surface area (Å²) in [6.07, 6.45) is 0. The van der Waals surface area contributed by atoms with Crippen LogP contribution in [-0.4, -0.2) is 26.2 Å². The lowest BCUT2D eigenvalue weighted by Crippen LogP contribution is -2.46. The number of nitriles is 1. The molecule has 0 N–H and O–H groups in total. The average molecular weight is 281 g/mol. The van der Waals surface area contributed by atoms with Gasteiger partial charge in [0.25, 0.3) is 0 Å². The molecule has 0 unspecified atom stereocenters. The molecule has 3 nitrogen and oxygen atoms in total. The van der Waals surface area contributed by atoms with Crippen LogP contribution in [0.2, 0.25) is 0 Å². The molecule has 2 aromatic rings. The van der Waals surface area contributed by atoms with E-state index in [-0.39, 0.29) is 5.82 Å². The van der Waals surface area contributed by atoms with Gasteiger partial charge in [0.15, 0.2) is 0 Å². The van der Waals surface area contributed by atoms with Gasteiger partial charge in [-0.2, -0.15) is 5.26 Å². The highest BCUT2D eigenvalue weighted by atomic mass is 19.1. The first-order valence-electron chi connectivity index (χ1n) is 7.02. The number of halogens is 1. The lowest BCUT2D eigenvalue weighted by molar-refractivity contribution is 0.620. The molecule has 0 aliphatic carbocycles. The van der Waals surface area contributed by atoms with Crippen molar-refractivity contribution in [1.82, 2.24) is 0 Å². The molecule has 21 heavy (non-hydrogen) atoms. The van der Waals surface area contributed by atoms with E-state index in [1.54, 1.807) is 6.07 Å². The molecule has 0 saturated carbocycles. The Kier molecular flexibility index (Phi) is 3.74. The summed E-state index contributed by atoms with van der Waals surface area (Å²) in [5, 5.41) is 8.93. The molecule has 3 rings (SSSR count). The van der Waals surface area contributed by atoms with E-state index < -0.39 is 0 Å². The standard InChI is InChI=1S/C17H16FN3/c18-15-10-14(13-19)11-17(12-15)21-8-6-20(7-9-21)16-4-2-1-3-5-16/h1-5,10-12H,6-9H2. The van der Waals surface area contributed by atoms with Gasteiger partial charge < -0.3 is 9.80 Å². The highest BCUT2D eigenvalue weighted by molar-refractivity contribution is 5.54. The van der Waals surface area contributed by atoms with Gasteiger partial charge in [0, 0.05) is 37.6 Å². The van der Waals surface area contributed by atoms with E-state index in [4.69, 9.17) is 5.26 Å². The van der Waals surface area contributed by atoms with Gasteiger partial charge in [0.1, 0.15) is 5.82 Å². The van der Waals surface area contributed by atoms with E-state index in [0.29, 0.717) is 5.56 Å². The monoisotopic (exact) mass is 281 g/mol. The maximum atomic E-state index is 13.5. The number of para-hydroxylation sites is 1. The van der Waals surface area contributed by atoms with Crippen molar-refractivity contribution in [2.45, 2.75) is 0 Å². The lowest BCUT2D eigenvalue weighted by atomic mass is 10.1. The van der Waals surface area contributed by atoms with Crippen molar-refractivity contribution in [3.05, 3.63) is 59.9 Å². The van der Waals surface area contributed by atoms with Crippen LogP contribution in [0.3, 0.4) is 0 Å². The molecule has 2 aromatic carbocycles. The zero-order chi connectivity index (χ0) is 14.7. The largest absolute Gasteiger partial charge is 0.368 e. The summed E-state index contributed by atoms with van der Waals surface area (Å²) in [5.74, 6) is -0.352. The average Bonchev–Trinajstić information content (AvgIpc) is 2.55. The maximum Gasteiger partial charge on any atom is 0.126 e. The van der Waals surface area contributed by atoms with E-state index >= 15 is 0 Å². The highest BCUT2D eigenvalue weighted by Gasteiger charge is 2.18. The fraction of sp³-hybridized carbons (Fsp3) is 0.235. The SMILES string of the molecule is N#Cc1cc(F)cc(N2CCN(c3ccccc3)CC2)c1. The number of nitrogens with zero attached hydrogens (tertiary/aromatic N) is 3. The third-order valence-corrected chi connectivity index (χ3v) is 3.78. The van der Waals surface area contributed by atoms with Crippen molar-refractivity contribution in [2.24, 2.45) is 0 Å². The van der Waals surface area contributed by atoms with E-state index in [1.165, 1.54) is 17.8 Å². The Morgan fingerprint density at radius 3 is 2.10 bits per heavy atom. The predicted octanol–water partition coefficient (Wildman–Crippen LogP) is 3.02. The first-order chi connectivity index (χ1) is 10.3. The number of anilines is 2. The lowest BCUT2D eigenvalue weighted by Gasteiger charge is -2.37. The molecular formula is C17H16FN3. The van der Waals surface area contributed by atoms with E-state index in [0.717, 1.165) is 31.9 Å². The second-order valence-electron chi connectivity index (χ2n) is 5.12. The van der Waals surface area contributed by atoms with Gasteiger partial charge in [-0.15, -0.1) is 0 Å². The van der Waals surface area contributed by atoms with Crippen molar-refractivity contribution in [1.29, 1.82) is 5.26 Å². The fourth-order valence-electron chi connectivity index (χ4n) is 2.68. The Labute approximate surface area is 123 Å². The van der Waals surface area contributed by atoms with Crippen molar-refractivity contribution in [3.8, 4) is 6.07 Å². The number of hydrogen-bond donors (Lipinski definition) is 0. The minimum Gasteiger partial charge on any atom is -0.368 e. The minimum atomic E-state index is -0.352. The van der Waals surface area contributed by atoms with Crippen LogP contribution in [0, 0.1) is 17.1 Å². The summed E-state index contributed by atoms with van der Waals surface area (Å²) in [6.45, 7) is 3.43. The van der Waals surface area contributed by atoms with Crippen LogP contribution in [0.1, 0.15) is 5.56 Å². The fourth-order valence-corrected chi connectivity index (χ4v) is 2.68. The van der Waals surface area contributed by atoms with Crippen LogP contribution >= 0.6 is 0 Å². The molecule has 0 bridgehead atoms. The van der Waals surface area contributed by atoms with E-state index in [2.05, 4.69) is 21.9 Å². The molecule has 0 radical (unpaired) electrons. The minimum absolute atomic E-state index is 0.352. The molecule has 106 valence electrons. The predicted molar refractivity (Wildman–Crippen MR) is 82.0 cm³/mol. The van der Waals surface area contributed by atoms with Crippen LogP contribution in [0.4, 0.5) is 15.8 Å². The van der Waals surface area contributed by atoms with Crippen molar-refractivity contribution < 1.29 is 4.39 Å². The second-order valence-corrected chi connectivity index (χ2v) is 5.12. The first kappa shape index (κ1) is 13.4. The summed E-state index contributed by atoms with van der Waals surface area (Å²) in [5.41, 5.74) is 2.38. The smallest absolute Gasteiger partial charge is 0.126 e. The zero-order valence-electron chi connectivity index (χ0n) is 11.7. The Hall–Kier alpha value is -2.54. The summed E-state index contributed by atoms with van der Waals surface area (Å²) in [7, 11) is 0. The third kappa shape index (κ3) is 2.97. The molecule has 4 heteroatoms. The molecule has 0 spiro atoms. The van der Waals surface area contributed by atoms with Crippen LogP contribution in [0.25, 0.3) is 0 Å². The first-order valence-corrected chi connectivity index (χ1v) is 7.02. The molecule has 1 heterocycles. The molecule has 1 aliphatic heterocycles. The van der Waals surface area contributed by atoms with Crippen molar-refractivity contribution in [3.63, 3.8) is 0 Å². The molecule has 0 atom stereocenters. The molecular weight excluding hydrogens is 265 g/mol. The van der Waals surface area contributed by atoms with Gasteiger partial charge in [-0.1, -0.05) is 18.2 Å². The van der Waals surface area contributed by atoms with Gasteiger partial charge in [-0.3, -0.25) is 0 Å². The van der Waals surface area contributed by atoms with Crippen molar-refractivity contribution >= 4 is 11.4 Å². The van der Waals surface area contributed by atoms with Gasteiger partial charge >= 0.3 is 0 Å². The normalized spacial score (nSPS) is 14.9. The summed E-state index contributed by atoms with van der Waals surface area (Å²) in [4.78, 5) is 4.45. The molecule has 0 amide bonds. The van der Waals surface area contributed by atoms with Gasteiger partial charge in [0.05, 0.1) is 11.6 Å². The van der Waals surface area contributed by atoms with E-state index in [1.807, 2.05) is 24.3 Å².